The van der Waals surface area contributed by atoms with Crippen molar-refractivity contribution in [3.8, 4) is 22.9 Å². The number of hydrogen-bond acceptors (Lipinski definition) is 4. The summed E-state index contributed by atoms with van der Waals surface area (Å²) in [5.74, 6) is -0.0462. The molecular weight excluding hydrogens is 560 g/mol. The Morgan fingerprint density at radius 2 is 1.40 bits per heavy atom. The lowest BCUT2D eigenvalue weighted by Gasteiger charge is -2.31. The van der Waals surface area contributed by atoms with Crippen molar-refractivity contribution < 1.29 is 40.6 Å². The first-order valence-corrected chi connectivity index (χ1v) is 12.6. The maximum absolute atomic E-state index is 13.2. The number of hydrogen-bond donors (Lipinski definition) is 0. The highest BCUT2D eigenvalue weighted by molar-refractivity contribution is 5.90. The fraction of sp³-hybridized carbons (Fsp3) is 0.250. The Balaban J connectivity index is 1.81. The molecule has 220 valence electrons. The van der Waals surface area contributed by atoms with E-state index in [1.165, 1.54) is 24.3 Å². The van der Waals surface area contributed by atoms with E-state index in [4.69, 9.17) is 9.47 Å². The predicted molar refractivity (Wildman–Crippen MR) is 147 cm³/mol. The predicted octanol–water partition coefficient (Wildman–Crippen LogP) is 9.12. The number of carbonyl (C=O) groups excluding carboxylic acids is 1. The molecule has 42 heavy (non-hydrogen) atoms. The Labute approximate surface area is 239 Å². The highest BCUT2D eigenvalue weighted by Crippen LogP contribution is 2.39. The van der Waals surface area contributed by atoms with Crippen LogP contribution in [0.1, 0.15) is 49.9 Å². The standard InChI is InChI=1S/C32H27F6NO3/c1-19(2)29(40)42-30(4,5)20(3)41-28-12-6-21(7-13-28)14-25(18-39)23-10-8-22(9-11-23)24-15-26(31(33,34)35)17-27(16-24)32(36,37)38/h6-17,20H,1H2,2-5H3/b25-14+. The van der Waals surface area contributed by atoms with Crippen molar-refractivity contribution in [2.75, 3.05) is 0 Å². The smallest absolute Gasteiger partial charge is 0.416 e. The van der Waals surface area contributed by atoms with Crippen molar-refractivity contribution in [3.05, 3.63) is 101 Å². The van der Waals surface area contributed by atoms with Gasteiger partial charge in [0.1, 0.15) is 17.5 Å². The molecule has 0 amide bonds. The molecule has 10 heteroatoms. The molecule has 1 atom stereocenters. The summed E-state index contributed by atoms with van der Waals surface area (Å²) in [5, 5.41) is 9.71. The Morgan fingerprint density at radius 1 is 0.881 bits per heavy atom. The van der Waals surface area contributed by atoms with E-state index in [0.717, 1.165) is 0 Å². The largest absolute Gasteiger partial charge is 0.487 e. The Bertz CT molecular complexity index is 1490. The summed E-state index contributed by atoms with van der Waals surface area (Å²) in [7, 11) is 0. The van der Waals surface area contributed by atoms with Crippen molar-refractivity contribution in [1.82, 2.24) is 0 Å². The summed E-state index contributed by atoms with van der Waals surface area (Å²) in [5.41, 5.74) is -2.36. The van der Waals surface area contributed by atoms with Gasteiger partial charge in [-0.1, -0.05) is 43.0 Å². The average Bonchev–Trinajstić information content (AvgIpc) is 2.91. The van der Waals surface area contributed by atoms with Crippen LogP contribution in [-0.4, -0.2) is 17.7 Å². The van der Waals surface area contributed by atoms with Gasteiger partial charge in [0.2, 0.25) is 0 Å². The van der Waals surface area contributed by atoms with Gasteiger partial charge in [-0.05, 0) is 86.4 Å². The molecule has 0 fully saturated rings. The van der Waals surface area contributed by atoms with Crippen LogP contribution in [0.25, 0.3) is 22.8 Å². The lowest BCUT2D eigenvalue weighted by molar-refractivity contribution is -0.159. The van der Waals surface area contributed by atoms with Crippen LogP contribution >= 0.6 is 0 Å². The molecule has 3 rings (SSSR count). The number of esters is 1. The van der Waals surface area contributed by atoms with Crippen molar-refractivity contribution in [3.63, 3.8) is 0 Å². The Kier molecular flexibility index (Phi) is 9.26. The highest BCUT2D eigenvalue weighted by Gasteiger charge is 2.37. The van der Waals surface area contributed by atoms with E-state index in [2.05, 4.69) is 12.6 Å². The van der Waals surface area contributed by atoms with Crippen molar-refractivity contribution in [1.29, 1.82) is 5.26 Å². The zero-order valence-corrected chi connectivity index (χ0v) is 23.2. The molecule has 0 saturated carbocycles. The monoisotopic (exact) mass is 587 g/mol. The minimum Gasteiger partial charge on any atom is -0.487 e. The normalized spacial score (nSPS) is 13.2. The van der Waals surface area contributed by atoms with Crippen LogP contribution in [-0.2, 0) is 21.9 Å². The number of ether oxygens (including phenoxy) is 2. The minimum atomic E-state index is -4.96. The first-order chi connectivity index (χ1) is 19.4. The molecule has 0 aliphatic carbocycles. The molecule has 0 aromatic heterocycles. The van der Waals surface area contributed by atoms with Gasteiger partial charge in [0.05, 0.1) is 22.8 Å². The van der Waals surface area contributed by atoms with Gasteiger partial charge < -0.3 is 9.47 Å². The number of alkyl halides is 6. The van der Waals surface area contributed by atoms with E-state index in [1.807, 2.05) is 0 Å². The van der Waals surface area contributed by atoms with Gasteiger partial charge in [-0.2, -0.15) is 31.6 Å². The van der Waals surface area contributed by atoms with E-state index in [9.17, 15) is 36.4 Å². The van der Waals surface area contributed by atoms with Gasteiger partial charge in [-0.15, -0.1) is 0 Å². The van der Waals surface area contributed by atoms with Crippen molar-refractivity contribution in [2.24, 2.45) is 0 Å². The van der Waals surface area contributed by atoms with Crippen LogP contribution in [0.5, 0.6) is 5.75 Å². The van der Waals surface area contributed by atoms with Crippen LogP contribution in [0.3, 0.4) is 0 Å². The summed E-state index contributed by atoms with van der Waals surface area (Å²) < 4.78 is 90.8. The third-order valence-corrected chi connectivity index (χ3v) is 6.42. The number of allylic oxidation sites excluding steroid dienone is 1. The summed E-state index contributed by atoms with van der Waals surface area (Å²) in [6, 6.07) is 15.8. The quantitative estimate of drug-likeness (QED) is 0.0867. The molecule has 0 saturated heterocycles. The van der Waals surface area contributed by atoms with Crippen molar-refractivity contribution in [2.45, 2.75) is 51.8 Å². The van der Waals surface area contributed by atoms with Crippen LogP contribution in [0.2, 0.25) is 0 Å². The Hall–Kier alpha value is -4.52. The molecule has 0 bridgehead atoms. The molecule has 0 radical (unpaired) electrons. The SMILES string of the molecule is C=C(C)C(=O)OC(C)(C)C(C)Oc1ccc(/C=C(\C#N)c2ccc(-c3cc(C(F)(F)F)cc(C(F)(F)F)c3)cc2)cc1. The van der Waals surface area contributed by atoms with Gasteiger partial charge in [-0.25, -0.2) is 4.79 Å². The first kappa shape index (κ1) is 32.0. The zero-order valence-electron chi connectivity index (χ0n) is 23.2. The fourth-order valence-electron chi connectivity index (χ4n) is 3.71. The van der Waals surface area contributed by atoms with Gasteiger partial charge in [-0.3, -0.25) is 0 Å². The number of nitriles is 1. The number of rotatable bonds is 8. The topological polar surface area (TPSA) is 59.3 Å². The molecule has 3 aromatic rings. The van der Waals surface area contributed by atoms with Gasteiger partial charge in [0, 0.05) is 5.57 Å². The third-order valence-electron chi connectivity index (χ3n) is 6.42. The maximum Gasteiger partial charge on any atom is 0.416 e. The first-order valence-electron chi connectivity index (χ1n) is 12.6. The van der Waals surface area contributed by atoms with E-state index in [-0.39, 0.29) is 28.3 Å². The summed E-state index contributed by atoms with van der Waals surface area (Å²) in [4.78, 5) is 11.9. The van der Waals surface area contributed by atoms with E-state index < -0.39 is 41.2 Å². The second kappa shape index (κ2) is 12.1. The number of benzene rings is 3. The highest BCUT2D eigenvalue weighted by atomic mass is 19.4. The number of halogens is 6. The molecule has 0 aliphatic rings. The molecule has 0 N–H and O–H groups in total. The molecule has 4 nitrogen and oxygen atoms in total. The van der Waals surface area contributed by atoms with E-state index >= 15 is 0 Å². The number of carbonyl (C=O) groups is 1. The lowest BCUT2D eigenvalue weighted by atomic mass is 9.96. The summed E-state index contributed by atoms with van der Waals surface area (Å²) in [6.45, 7) is 10.3. The van der Waals surface area contributed by atoms with Crippen LogP contribution in [0.4, 0.5) is 26.3 Å². The molecule has 0 heterocycles. The third kappa shape index (κ3) is 8.03. The Morgan fingerprint density at radius 3 is 1.86 bits per heavy atom. The summed E-state index contributed by atoms with van der Waals surface area (Å²) >= 11 is 0. The van der Waals surface area contributed by atoms with Crippen LogP contribution in [0.15, 0.2) is 78.9 Å². The number of nitrogens with zero attached hydrogens (tertiary/aromatic N) is 1. The fourth-order valence-corrected chi connectivity index (χ4v) is 3.71. The second-order valence-corrected chi connectivity index (χ2v) is 10.1. The van der Waals surface area contributed by atoms with Crippen LogP contribution in [0, 0.1) is 11.3 Å². The second-order valence-electron chi connectivity index (χ2n) is 10.1. The average molecular weight is 588 g/mol. The van der Waals surface area contributed by atoms with Crippen LogP contribution < -0.4 is 4.74 Å². The molecule has 0 spiro atoms. The van der Waals surface area contributed by atoms with Gasteiger partial charge in [0.15, 0.2) is 0 Å². The molecule has 3 aromatic carbocycles. The minimum absolute atomic E-state index is 0.0741. The maximum atomic E-state index is 13.2. The van der Waals surface area contributed by atoms with E-state index in [0.29, 0.717) is 29.0 Å². The van der Waals surface area contributed by atoms with Gasteiger partial charge >= 0.3 is 18.3 Å². The summed E-state index contributed by atoms with van der Waals surface area (Å²) in [6.07, 6.45) is -8.86. The molecule has 0 aliphatic heterocycles. The lowest BCUT2D eigenvalue weighted by Crippen LogP contribution is -2.42. The van der Waals surface area contributed by atoms with Gasteiger partial charge in [0.25, 0.3) is 0 Å². The zero-order chi connectivity index (χ0) is 31.5. The molecular formula is C32H27F6NO3. The molecule has 1 unspecified atom stereocenters. The van der Waals surface area contributed by atoms with Crippen molar-refractivity contribution >= 4 is 17.6 Å². The van der Waals surface area contributed by atoms with E-state index in [1.54, 1.807) is 58.0 Å².